The molecule has 0 aliphatic carbocycles. The molecule has 1 fully saturated rings. The van der Waals surface area contributed by atoms with Crippen molar-refractivity contribution in [1.82, 2.24) is 20.1 Å². The molecule has 0 saturated carbocycles. The van der Waals surface area contributed by atoms with E-state index in [1.807, 2.05) is 42.2 Å². The molecule has 4 aromatic rings. The Morgan fingerprint density at radius 3 is 2.73 bits per heavy atom. The number of halogens is 1. The summed E-state index contributed by atoms with van der Waals surface area (Å²) >= 11 is 1.34. The second-order valence-electron chi connectivity index (χ2n) is 8.11. The largest absolute Gasteiger partial charge is 0.421 e. The van der Waals surface area contributed by atoms with Crippen LogP contribution in [-0.2, 0) is 6.42 Å². The van der Waals surface area contributed by atoms with Crippen molar-refractivity contribution in [3.05, 3.63) is 77.0 Å². The van der Waals surface area contributed by atoms with E-state index in [-0.39, 0.29) is 17.8 Å². The number of aromatic nitrogens is 3. The Morgan fingerprint density at radius 2 is 1.91 bits per heavy atom. The van der Waals surface area contributed by atoms with Crippen molar-refractivity contribution < 1.29 is 13.6 Å². The first-order chi connectivity index (χ1) is 16.1. The zero-order valence-electron chi connectivity index (χ0n) is 18.2. The van der Waals surface area contributed by atoms with E-state index >= 15 is 0 Å². The van der Waals surface area contributed by atoms with Gasteiger partial charge in [-0.3, -0.25) is 4.79 Å². The zero-order chi connectivity index (χ0) is 22.8. The van der Waals surface area contributed by atoms with Crippen LogP contribution in [0, 0.1) is 12.7 Å². The SMILES string of the molecule is Cc1nc(C(=O)N2CCCCC2Cc2nnc(-c3ccccc3)o2)c(-c2ccccc2F)s1. The molecule has 1 unspecified atom stereocenters. The highest BCUT2D eigenvalue weighted by atomic mass is 32.1. The van der Waals surface area contributed by atoms with Crippen LogP contribution in [0.3, 0.4) is 0 Å². The summed E-state index contributed by atoms with van der Waals surface area (Å²) in [6, 6.07) is 16.0. The molecule has 33 heavy (non-hydrogen) atoms. The molecule has 1 amide bonds. The van der Waals surface area contributed by atoms with Gasteiger partial charge >= 0.3 is 0 Å². The van der Waals surface area contributed by atoms with Gasteiger partial charge in [0.05, 0.1) is 9.88 Å². The Labute approximate surface area is 195 Å². The number of amides is 1. The van der Waals surface area contributed by atoms with Gasteiger partial charge in [0.1, 0.15) is 11.5 Å². The zero-order valence-corrected chi connectivity index (χ0v) is 19.0. The molecule has 5 rings (SSSR count). The van der Waals surface area contributed by atoms with Crippen LogP contribution in [0.2, 0.25) is 0 Å². The van der Waals surface area contributed by atoms with E-state index in [2.05, 4.69) is 15.2 Å². The predicted molar refractivity (Wildman–Crippen MR) is 124 cm³/mol. The molecule has 6 nitrogen and oxygen atoms in total. The Bertz CT molecular complexity index is 1270. The number of carbonyl (C=O) groups is 1. The number of aryl methyl sites for hydroxylation is 1. The number of piperidine rings is 1. The van der Waals surface area contributed by atoms with Crippen molar-refractivity contribution in [3.8, 4) is 21.9 Å². The molecule has 1 atom stereocenters. The first-order valence-electron chi connectivity index (χ1n) is 11.0. The van der Waals surface area contributed by atoms with E-state index in [1.165, 1.54) is 17.4 Å². The molecule has 8 heteroatoms. The van der Waals surface area contributed by atoms with Crippen molar-refractivity contribution in [2.24, 2.45) is 0 Å². The maximum absolute atomic E-state index is 14.5. The van der Waals surface area contributed by atoms with Gasteiger partial charge in [-0.2, -0.15) is 0 Å². The van der Waals surface area contributed by atoms with Crippen molar-refractivity contribution >= 4 is 17.2 Å². The van der Waals surface area contributed by atoms with Gasteiger partial charge in [-0.25, -0.2) is 9.37 Å². The summed E-state index contributed by atoms with van der Waals surface area (Å²) in [7, 11) is 0. The minimum atomic E-state index is -0.357. The van der Waals surface area contributed by atoms with Gasteiger partial charge in [0, 0.05) is 30.1 Å². The van der Waals surface area contributed by atoms with Gasteiger partial charge in [-0.1, -0.05) is 36.4 Å². The highest BCUT2D eigenvalue weighted by Gasteiger charge is 2.32. The highest BCUT2D eigenvalue weighted by Crippen LogP contribution is 2.34. The van der Waals surface area contributed by atoms with Gasteiger partial charge in [0.15, 0.2) is 0 Å². The predicted octanol–water partition coefficient (Wildman–Crippen LogP) is 5.55. The molecule has 1 saturated heterocycles. The van der Waals surface area contributed by atoms with E-state index in [0.717, 1.165) is 29.8 Å². The van der Waals surface area contributed by atoms with E-state index in [4.69, 9.17) is 4.42 Å². The Morgan fingerprint density at radius 1 is 1.12 bits per heavy atom. The number of carbonyl (C=O) groups excluding carboxylic acids is 1. The van der Waals surface area contributed by atoms with Crippen LogP contribution in [0.4, 0.5) is 4.39 Å². The summed E-state index contributed by atoms with van der Waals surface area (Å²) in [4.78, 5) is 20.5. The van der Waals surface area contributed by atoms with Crippen molar-refractivity contribution in [3.63, 3.8) is 0 Å². The lowest BCUT2D eigenvalue weighted by Crippen LogP contribution is -2.45. The molecular weight excluding hydrogens is 439 g/mol. The molecule has 2 aromatic carbocycles. The minimum absolute atomic E-state index is 0.0780. The normalized spacial score (nSPS) is 16.2. The number of likely N-dealkylation sites (tertiary alicyclic amines) is 1. The molecule has 0 spiro atoms. The third-order valence-electron chi connectivity index (χ3n) is 5.84. The number of hydrogen-bond acceptors (Lipinski definition) is 6. The average molecular weight is 463 g/mol. The number of thiazole rings is 1. The maximum Gasteiger partial charge on any atom is 0.274 e. The molecule has 0 bridgehead atoms. The molecule has 1 aliphatic heterocycles. The van der Waals surface area contributed by atoms with Gasteiger partial charge < -0.3 is 9.32 Å². The fourth-order valence-corrected chi connectivity index (χ4v) is 5.19. The van der Waals surface area contributed by atoms with E-state index in [9.17, 15) is 9.18 Å². The average Bonchev–Trinajstić information content (AvgIpc) is 3.46. The highest BCUT2D eigenvalue weighted by molar-refractivity contribution is 7.15. The van der Waals surface area contributed by atoms with Gasteiger partial charge in [-0.05, 0) is 44.4 Å². The standard InChI is InChI=1S/C25H23FN4O2S/c1-16-27-22(23(33-16)19-12-5-6-13-20(19)26)25(31)30-14-8-7-11-18(30)15-21-28-29-24(32-21)17-9-3-2-4-10-17/h2-6,9-10,12-13,18H,7-8,11,14-15H2,1H3. The number of hydrogen-bond donors (Lipinski definition) is 0. The molecule has 0 radical (unpaired) electrons. The fourth-order valence-electron chi connectivity index (χ4n) is 4.25. The van der Waals surface area contributed by atoms with Gasteiger partial charge in [0.2, 0.25) is 11.8 Å². The van der Waals surface area contributed by atoms with Crippen molar-refractivity contribution in [2.45, 2.75) is 38.6 Å². The molecule has 1 aliphatic rings. The molecule has 0 N–H and O–H groups in total. The lowest BCUT2D eigenvalue weighted by Gasteiger charge is -2.35. The summed E-state index contributed by atoms with van der Waals surface area (Å²) < 4.78 is 20.4. The number of benzene rings is 2. The van der Waals surface area contributed by atoms with E-state index in [0.29, 0.717) is 40.9 Å². The number of nitrogens with zero attached hydrogens (tertiary/aromatic N) is 4. The Kier molecular flexibility index (Phi) is 6.00. The topological polar surface area (TPSA) is 72.1 Å². The van der Waals surface area contributed by atoms with Crippen LogP contribution in [0.25, 0.3) is 21.9 Å². The molecule has 168 valence electrons. The monoisotopic (exact) mass is 462 g/mol. The first kappa shape index (κ1) is 21.5. The summed E-state index contributed by atoms with van der Waals surface area (Å²) in [6.45, 7) is 2.46. The van der Waals surface area contributed by atoms with Gasteiger partial charge in [-0.15, -0.1) is 21.5 Å². The summed E-state index contributed by atoms with van der Waals surface area (Å²) in [5, 5.41) is 9.12. The molecule has 2 aromatic heterocycles. The first-order valence-corrected chi connectivity index (χ1v) is 11.8. The summed E-state index contributed by atoms with van der Waals surface area (Å²) in [6.07, 6.45) is 3.25. The Balaban J connectivity index is 1.41. The van der Waals surface area contributed by atoms with E-state index in [1.54, 1.807) is 18.2 Å². The van der Waals surface area contributed by atoms with E-state index < -0.39 is 0 Å². The van der Waals surface area contributed by atoms with Crippen molar-refractivity contribution in [1.29, 1.82) is 0 Å². The summed E-state index contributed by atoms with van der Waals surface area (Å²) in [5.41, 5.74) is 1.58. The van der Waals surface area contributed by atoms with Crippen LogP contribution in [0.5, 0.6) is 0 Å². The van der Waals surface area contributed by atoms with Crippen LogP contribution in [0.1, 0.15) is 40.6 Å². The smallest absolute Gasteiger partial charge is 0.274 e. The Hall–Kier alpha value is -3.39. The lowest BCUT2D eigenvalue weighted by atomic mass is 9.98. The van der Waals surface area contributed by atoms with Crippen LogP contribution in [0.15, 0.2) is 59.0 Å². The second-order valence-corrected chi connectivity index (χ2v) is 9.31. The minimum Gasteiger partial charge on any atom is -0.421 e. The van der Waals surface area contributed by atoms with Crippen LogP contribution < -0.4 is 0 Å². The van der Waals surface area contributed by atoms with Crippen LogP contribution >= 0.6 is 11.3 Å². The molecule has 3 heterocycles. The third kappa shape index (κ3) is 4.43. The number of rotatable bonds is 5. The maximum atomic E-state index is 14.5. The fraction of sp³-hybridized carbons (Fsp3) is 0.280. The summed E-state index contributed by atoms with van der Waals surface area (Å²) in [5.74, 6) is 0.438. The quantitative estimate of drug-likeness (QED) is 0.389. The van der Waals surface area contributed by atoms with Crippen molar-refractivity contribution in [2.75, 3.05) is 6.54 Å². The third-order valence-corrected chi connectivity index (χ3v) is 6.85. The second kappa shape index (κ2) is 9.23. The van der Waals surface area contributed by atoms with Crippen LogP contribution in [-0.4, -0.2) is 38.6 Å². The molecular formula is C25H23FN4O2S. The van der Waals surface area contributed by atoms with Gasteiger partial charge in [0.25, 0.3) is 5.91 Å². The lowest BCUT2D eigenvalue weighted by molar-refractivity contribution is 0.0601.